The molecule has 3 atom stereocenters. The zero-order valence-electron chi connectivity index (χ0n) is 16.5. The molecule has 0 unspecified atom stereocenters. The number of carbonyl (C=O) groups excluding carboxylic acids is 3. The molecule has 0 saturated heterocycles. The fraction of sp³-hybridized carbons (Fsp3) is 0.526. The fourth-order valence-electron chi connectivity index (χ4n) is 3.47. The summed E-state index contributed by atoms with van der Waals surface area (Å²) < 4.78 is 15.2. The summed E-state index contributed by atoms with van der Waals surface area (Å²) in [7, 11) is 2.93. The molecule has 0 bridgehead atoms. The van der Waals surface area contributed by atoms with Crippen LogP contribution in [0.15, 0.2) is 18.2 Å². The van der Waals surface area contributed by atoms with Crippen LogP contribution in [0.4, 0.5) is 5.69 Å². The first kappa shape index (κ1) is 22.1. The van der Waals surface area contributed by atoms with Crippen molar-refractivity contribution in [3.05, 3.63) is 28.3 Å². The molecular formula is C19H24N2O8. The Kier molecular flexibility index (Phi) is 7.52. The number of hydrogen-bond donors (Lipinski definition) is 1. The van der Waals surface area contributed by atoms with Gasteiger partial charge in [0.1, 0.15) is 17.3 Å². The molecule has 1 N–H and O–H groups in total. The summed E-state index contributed by atoms with van der Waals surface area (Å²) in [4.78, 5) is 46.6. The Morgan fingerprint density at radius 2 is 2.00 bits per heavy atom. The molecule has 10 nitrogen and oxygen atoms in total. The Balaban J connectivity index is 1.89. The van der Waals surface area contributed by atoms with E-state index >= 15 is 0 Å². The quantitative estimate of drug-likeness (QED) is 0.371. The second-order valence-electron chi connectivity index (χ2n) is 6.91. The molecule has 10 heteroatoms. The molecular weight excluding hydrogens is 384 g/mol. The second-order valence-corrected chi connectivity index (χ2v) is 6.91. The number of benzene rings is 1. The van der Waals surface area contributed by atoms with E-state index in [9.17, 15) is 24.5 Å². The van der Waals surface area contributed by atoms with Gasteiger partial charge in [-0.3, -0.25) is 24.5 Å². The number of rotatable bonds is 9. The summed E-state index contributed by atoms with van der Waals surface area (Å²) in [5.74, 6) is -2.04. The van der Waals surface area contributed by atoms with E-state index in [2.05, 4.69) is 5.32 Å². The molecule has 0 spiro atoms. The van der Waals surface area contributed by atoms with Crippen LogP contribution >= 0.6 is 0 Å². The third-order valence-corrected chi connectivity index (χ3v) is 4.98. The Hall–Kier alpha value is -3.17. The second kappa shape index (κ2) is 9.85. The van der Waals surface area contributed by atoms with Crippen LogP contribution in [-0.4, -0.2) is 50.0 Å². The van der Waals surface area contributed by atoms with Gasteiger partial charge < -0.3 is 19.5 Å². The van der Waals surface area contributed by atoms with Crippen LogP contribution in [0, 0.1) is 27.9 Å². The lowest BCUT2D eigenvalue weighted by atomic mass is 9.88. The van der Waals surface area contributed by atoms with Gasteiger partial charge in [0.05, 0.1) is 26.3 Å². The normalized spacial score (nSPS) is 20.8. The number of nitrogens with zero attached hydrogens (tertiary/aromatic N) is 1. The van der Waals surface area contributed by atoms with Crippen molar-refractivity contribution in [1.29, 1.82) is 0 Å². The van der Waals surface area contributed by atoms with Crippen LogP contribution in [0.1, 0.15) is 19.8 Å². The van der Waals surface area contributed by atoms with Gasteiger partial charge in [-0.1, -0.05) is 6.92 Å². The zero-order valence-corrected chi connectivity index (χ0v) is 16.5. The van der Waals surface area contributed by atoms with Crippen LogP contribution in [0.25, 0.3) is 0 Å². The molecule has 0 heterocycles. The Labute approximate surface area is 167 Å². The minimum atomic E-state index is -0.757. The monoisotopic (exact) mass is 408 g/mol. The smallest absolute Gasteiger partial charge is 0.307 e. The molecule has 0 aromatic heterocycles. The lowest BCUT2D eigenvalue weighted by Gasteiger charge is -2.17. The van der Waals surface area contributed by atoms with Gasteiger partial charge >= 0.3 is 5.97 Å². The third-order valence-electron chi connectivity index (χ3n) is 4.98. The van der Waals surface area contributed by atoms with E-state index in [1.54, 1.807) is 25.1 Å². The molecule has 1 aliphatic rings. The Bertz CT molecular complexity index is 794. The Morgan fingerprint density at radius 1 is 1.28 bits per heavy atom. The number of ether oxygens (including phenoxy) is 3. The van der Waals surface area contributed by atoms with E-state index in [1.807, 2.05) is 0 Å². The molecule has 2 rings (SSSR count). The third kappa shape index (κ3) is 5.90. The highest BCUT2D eigenvalue weighted by molar-refractivity contribution is 5.94. The van der Waals surface area contributed by atoms with Gasteiger partial charge in [0, 0.05) is 29.2 Å². The number of ketones is 1. The lowest BCUT2D eigenvalue weighted by molar-refractivity contribution is -0.490. The van der Waals surface area contributed by atoms with E-state index in [0.29, 0.717) is 17.2 Å². The number of methoxy groups -OCH3 is 2. The van der Waals surface area contributed by atoms with Gasteiger partial charge in [-0.05, 0) is 18.1 Å². The van der Waals surface area contributed by atoms with Gasteiger partial charge in [0.15, 0.2) is 6.61 Å². The molecule has 158 valence electrons. The summed E-state index contributed by atoms with van der Waals surface area (Å²) in [6, 6.07) is 4.80. The Morgan fingerprint density at radius 3 is 2.62 bits per heavy atom. The molecule has 1 aromatic rings. The number of carbonyl (C=O) groups is 3. The maximum absolute atomic E-state index is 12.1. The van der Waals surface area contributed by atoms with Crippen LogP contribution in [0.3, 0.4) is 0 Å². The van der Waals surface area contributed by atoms with E-state index < -0.39 is 35.2 Å². The number of esters is 1. The topological polar surface area (TPSA) is 134 Å². The minimum Gasteiger partial charge on any atom is -0.497 e. The SMILES string of the molecule is COc1ccc(NC(=O)COC(=O)C[C@@H]2C(=O)C[C@H](C)[C@H]2C[N+](=O)[O-])c(OC)c1. The van der Waals surface area contributed by atoms with E-state index in [4.69, 9.17) is 14.2 Å². The van der Waals surface area contributed by atoms with E-state index in [1.165, 1.54) is 14.2 Å². The highest BCUT2D eigenvalue weighted by Gasteiger charge is 2.44. The van der Waals surface area contributed by atoms with E-state index in [0.717, 1.165) is 0 Å². The highest BCUT2D eigenvalue weighted by atomic mass is 16.6. The summed E-state index contributed by atoms with van der Waals surface area (Å²) in [5, 5.41) is 13.4. The summed E-state index contributed by atoms with van der Waals surface area (Å²) in [6.07, 6.45) is -0.0744. The molecule has 1 amide bonds. The van der Waals surface area contributed by atoms with Crippen molar-refractivity contribution in [3.8, 4) is 11.5 Å². The first-order valence-corrected chi connectivity index (χ1v) is 9.07. The predicted octanol–water partition coefficient (Wildman–Crippen LogP) is 1.69. The average Bonchev–Trinajstić information content (AvgIpc) is 2.93. The van der Waals surface area contributed by atoms with Crippen LogP contribution in [0.2, 0.25) is 0 Å². The number of Topliss-reactive ketones (excluding diaryl/α,β-unsaturated/α-hetero) is 1. The van der Waals surface area contributed by atoms with Crippen LogP contribution in [0.5, 0.6) is 11.5 Å². The number of nitrogens with one attached hydrogen (secondary N) is 1. The molecule has 0 aliphatic heterocycles. The first-order chi connectivity index (χ1) is 13.7. The van der Waals surface area contributed by atoms with Gasteiger partial charge in [0.25, 0.3) is 5.91 Å². The standard InChI is InChI=1S/C19H24N2O8/c1-11-6-16(22)13(14(11)9-21(25)26)8-19(24)29-10-18(23)20-15-5-4-12(27-2)7-17(15)28-3/h4-5,7,11,13-14H,6,8-10H2,1-3H3,(H,20,23)/t11-,13-,14+/m0/s1. The summed E-state index contributed by atoms with van der Waals surface area (Å²) in [6.45, 7) is 0.833. The molecule has 29 heavy (non-hydrogen) atoms. The van der Waals surface area contributed by atoms with Crippen molar-refractivity contribution in [2.24, 2.45) is 17.8 Å². The minimum absolute atomic E-state index is 0.170. The molecule has 1 aliphatic carbocycles. The van der Waals surface area contributed by atoms with Crippen molar-refractivity contribution in [2.45, 2.75) is 19.8 Å². The van der Waals surface area contributed by atoms with Crippen molar-refractivity contribution >= 4 is 23.3 Å². The lowest BCUT2D eigenvalue weighted by Crippen LogP contribution is -2.28. The molecule has 1 saturated carbocycles. The maximum Gasteiger partial charge on any atom is 0.307 e. The number of hydrogen-bond acceptors (Lipinski definition) is 8. The highest BCUT2D eigenvalue weighted by Crippen LogP contribution is 2.36. The maximum atomic E-state index is 12.1. The summed E-state index contributed by atoms with van der Waals surface area (Å²) in [5.41, 5.74) is 0.375. The number of nitro groups is 1. The van der Waals surface area contributed by atoms with Crippen molar-refractivity contribution in [1.82, 2.24) is 0 Å². The van der Waals surface area contributed by atoms with Crippen molar-refractivity contribution < 1.29 is 33.5 Å². The molecule has 1 aromatic carbocycles. The van der Waals surface area contributed by atoms with Crippen molar-refractivity contribution in [2.75, 3.05) is 32.7 Å². The largest absolute Gasteiger partial charge is 0.497 e. The average molecular weight is 408 g/mol. The fourth-order valence-corrected chi connectivity index (χ4v) is 3.47. The zero-order chi connectivity index (χ0) is 21.6. The van der Waals surface area contributed by atoms with E-state index in [-0.39, 0.29) is 31.1 Å². The molecule has 0 radical (unpaired) electrons. The first-order valence-electron chi connectivity index (χ1n) is 9.07. The van der Waals surface area contributed by atoms with Gasteiger partial charge in [0.2, 0.25) is 6.54 Å². The number of anilines is 1. The predicted molar refractivity (Wildman–Crippen MR) is 101 cm³/mol. The van der Waals surface area contributed by atoms with Crippen molar-refractivity contribution in [3.63, 3.8) is 0 Å². The van der Waals surface area contributed by atoms with Gasteiger partial charge in [-0.2, -0.15) is 0 Å². The van der Waals surface area contributed by atoms with Crippen LogP contribution < -0.4 is 14.8 Å². The van der Waals surface area contributed by atoms with Gasteiger partial charge in [-0.25, -0.2) is 0 Å². The van der Waals surface area contributed by atoms with Crippen LogP contribution in [-0.2, 0) is 19.1 Å². The summed E-state index contributed by atoms with van der Waals surface area (Å²) >= 11 is 0. The van der Waals surface area contributed by atoms with Gasteiger partial charge in [-0.15, -0.1) is 0 Å². The molecule has 1 fully saturated rings. The number of amides is 1.